The van der Waals surface area contributed by atoms with Crippen molar-refractivity contribution in [2.45, 2.75) is 52.0 Å². The number of nitrogens with zero attached hydrogens (tertiary/aromatic N) is 4. The number of rotatable bonds is 5. The molecule has 6 heteroatoms. The fourth-order valence-electron chi connectivity index (χ4n) is 4.15. The molecule has 29 heavy (non-hydrogen) atoms. The van der Waals surface area contributed by atoms with E-state index in [1.165, 1.54) is 5.56 Å². The summed E-state index contributed by atoms with van der Waals surface area (Å²) in [6.45, 7) is 4.74. The number of hydrogen-bond donors (Lipinski definition) is 0. The van der Waals surface area contributed by atoms with Gasteiger partial charge in [0.1, 0.15) is 0 Å². The summed E-state index contributed by atoms with van der Waals surface area (Å²) in [5.74, 6) is 0.952. The minimum Gasteiger partial charge on any atom is -0.356 e. The SMILES string of the molecule is Cc1noc(-c2cn(C)nc2[C@@H]2CCCCN2C(=O)CCc2ccccc2)c1C. The van der Waals surface area contributed by atoms with E-state index in [0.29, 0.717) is 6.42 Å². The van der Waals surface area contributed by atoms with Gasteiger partial charge in [-0.3, -0.25) is 9.48 Å². The van der Waals surface area contributed by atoms with E-state index >= 15 is 0 Å². The smallest absolute Gasteiger partial charge is 0.223 e. The molecule has 1 fully saturated rings. The molecule has 0 aliphatic carbocycles. The molecule has 1 atom stereocenters. The monoisotopic (exact) mass is 392 g/mol. The van der Waals surface area contributed by atoms with Crippen molar-refractivity contribution in [1.82, 2.24) is 19.8 Å². The number of likely N-dealkylation sites (tertiary alicyclic amines) is 1. The Labute approximate surface area is 171 Å². The summed E-state index contributed by atoms with van der Waals surface area (Å²) in [6, 6.07) is 10.2. The van der Waals surface area contributed by atoms with Crippen LogP contribution in [0.2, 0.25) is 0 Å². The quantitative estimate of drug-likeness (QED) is 0.646. The van der Waals surface area contributed by atoms with Gasteiger partial charge in [-0.15, -0.1) is 0 Å². The highest BCUT2D eigenvalue weighted by Gasteiger charge is 2.33. The average Bonchev–Trinajstić information content (AvgIpc) is 3.29. The van der Waals surface area contributed by atoms with E-state index < -0.39 is 0 Å². The van der Waals surface area contributed by atoms with Gasteiger partial charge in [0.2, 0.25) is 5.91 Å². The van der Waals surface area contributed by atoms with Crippen molar-refractivity contribution in [1.29, 1.82) is 0 Å². The Morgan fingerprint density at radius 2 is 2.00 bits per heavy atom. The second-order valence-electron chi connectivity index (χ2n) is 7.91. The van der Waals surface area contributed by atoms with Gasteiger partial charge in [0, 0.05) is 31.8 Å². The first-order chi connectivity index (χ1) is 14.0. The summed E-state index contributed by atoms with van der Waals surface area (Å²) < 4.78 is 7.43. The third-order valence-corrected chi connectivity index (χ3v) is 5.87. The third kappa shape index (κ3) is 3.97. The number of aryl methyl sites for hydroxylation is 3. The largest absolute Gasteiger partial charge is 0.356 e. The number of carbonyl (C=O) groups excluding carboxylic acids is 1. The van der Waals surface area contributed by atoms with Crippen LogP contribution >= 0.6 is 0 Å². The topological polar surface area (TPSA) is 64.2 Å². The van der Waals surface area contributed by atoms with E-state index in [0.717, 1.165) is 60.5 Å². The zero-order valence-corrected chi connectivity index (χ0v) is 17.4. The summed E-state index contributed by atoms with van der Waals surface area (Å²) >= 11 is 0. The molecule has 0 spiro atoms. The van der Waals surface area contributed by atoms with Crippen molar-refractivity contribution in [2.75, 3.05) is 6.54 Å². The summed E-state index contributed by atoms with van der Waals surface area (Å²) in [7, 11) is 1.91. The zero-order valence-electron chi connectivity index (χ0n) is 17.4. The molecule has 0 radical (unpaired) electrons. The molecule has 1 aliphatic rings. The van der Waals surface area contributed by atoms with Crippen molar-refractivity contribution in [3.05, 3.63) is 59.0 Å². The first-order valence-corrected chi connectivity index (χ1v) is 10.3. The number of piperidine rings is 1. The van der Waals surface area contributed by atoms with Gasteiger partial charge in [-0.1, -0.05) is 35.5 Å². The van der Waals surface area contributed by atoms with Gasteiger partial charge >= 0.3 is 0 Å². The number of benzene rings is 1. The van der Waals surface area contributed by atoms with Crippen LogP contribution in [0.1, 0.15) is 54.2 Å². The fraction of sp³-hybridized carbons (Fsp3) is 0.435. The Hall–Kier alpha value is -2.89. The Kier molecular flexibility index (Phi) is 5.51. The standard InChI is InChI=1S/C23H28N4O2/c1-16-17(2)25-29-23(16)19-15-26(3)24-22(19)20-11-7-8-14-27(20)21(28)13-12-18-9-5-4-6-10-18/h4-6,9-10,15,20H,7-8,11-14H2,1-3H3/t20-/m0/s1. The Morgan fingerprint density at radius 1 is 1.21 bits per heavy atom. The van der Waals surface area contributed by atoms with E-state index in [9.17, 15) is 4.79 Å². The van der Waals surface area contributed by atoms with Crippen LogP contribution in [-0.2, 0) is 18.3 Å². The third-order valence-electron chi connectivity index (χ3n) is 5.87. The van der Waals surface area contributed by atoms with E-state index in [1.807, 2.05) is 54.9 Å². The van der Waals surface area contributed by atoms with Gasteiger partial charge in [-0.2, -0.15) is 5.10 Å². The van der Waals surface area contributed by atoms with E-state index in [4.69, 9.17) is 9.62 Å². The van der Waals surface area contributed by atoms with Crippen LogP contribution in [0.25, 0.3) is 11.3 Å². The molecule has 0 saturated carbocycles. The molecule has 0 N–H and O–H groups in total. The summed E-state index contributed by atoms with van der Waals surface area (Å²) in [6.07, 6.45) is 6.31. The van der Waals surface area contributed by atoms with Crippen molar-refractivity contribution in [3.63, 3.8) is 0 Å². The van der Waals surface area contributed by atoms with Gasteiger partial charge in [0.25, 0.3) is 0 Å². The lowest BCUT2D eigenvalue weighted by Gasteiger charge is -2.35. The van der Waals surface area contributed by atoms with Crippen molar-refractivity contribution >= 4 is 5.91 Å². The van der Waals surface area contributed by atoms with Gasteiger partial charge < -0.3 is 9.42 Å². The predicted octanol–water partition coefficient (Wildman–Crippen LogP) is 4.38. The lowest BCUT2D eigenvalue weighted by molar-refractivity contribution is -0.135. The average molecular weight is 393 g/mol. The minimum absolute atomic E-state index is 0.0203. The van der Waals surface area contributed by atoms with Crippen LogP contribution in [0.5, 0.6) is 0 Å². The molecule has 1 amide bonds. The first kappa shape index (κ1) is 19.4. The maximum absolute atomic E-state index is 13.1. The first-order valence-electron chi connectivity index (χ1n) is 10.3. The summed E-state index contributed by atoms with van der Waals surface area (Å²) in [5, 5.41) is 8.86. The molecule has 0 bridgehead atoms. The normalized spacial score (nSPS) is 16.9. The van der Waals surface area contributed by atoms with Crippen molar-refractivity contribution < 1.29 is 9.32 Å². The van der Waals surface area contributed by atoms with Crippen LogP contribution in [0, 0.1) is 13.8 Å². The molecule has 1 aromatic carbocycles. The molecule has 2 aromatic heterocycles. The number of hydrogen-bond acceptors (Lipinski definition) is 4. The van der Waals surface area contributed by atoms with Crippen molar-refractivity contribution in [2.24, 2.45) is 7.05 Å². The van der Waals surface area contributed by atoms with Crippen LogP contribution < -0.4 is 0 Å². The highest BCUT2D eigenvalue weighted by atomic mass is 16.5. The molecular formula is C23H28N4O2. The van der Waals surface area contributed by atoms with Crippen LogP contribution in [0.4, 0.5) is 0 Å². The van der Waals surface area contributed by atoms with Crippen LogP contribution in [-0.4, -0.2) is 32.3 Å². The van der Waals surface area contributed by atoms with Gasteiger partial charge in [-0.05, 0) is 45.1 Å². The highest BCUT2D eigenvalue weighted by Crippen LogP contribution is 2.38. The molecule has 1 saturated heterocycles. The maximum Gasteiger partial charge on any atom is 0.223 e. The second kappa shape index (κ2) is 8.23. The lowest BCUT2D eigenvalue weighted by atomic mass is 9.95. The highest BCUT2D eigenvalue weighted by molar-refractivity contribution is 5.77. The molecule has 3 heterocycles. The number of carbonyl (C=O) groups is 1. The molecule has 4 rings (SSSR count). The van der Waals surface area contributed by atoms with E-state index in [-0.39, 0.29) is 11.9 Å². The van der Waals surface area contributed by atoms with Gasteiger partial charge in [0.15, 0.2) is 5.76 Å². The van der Waals surface area contributed by atoms with Gasteiger partial charge in [-0.25, -0.2) is 0 Å². The molecule has 152 valence electrons. The zero-order chi connectivity index (χ0) is 20.4. The molecule has 0 unspecified atom stereocenters. The minimum atomic E-state index is -0.0203. The Balaban J connectivity index is 1.59. The maximum atomic E-state index is 13.1. The predicted molar refractivity (Wildman–Crippen MR) is 111 cm³/mol. The molecule has 6 nitrogen and oxygen atoms in total. The lowest BCUT2D eigenvalue weighted by Crippen LogP contribution is -2.39. The Morgan fingerprint density at radius 3 is 2.72 bits per heavy atom. The van der Waals surface area contributed by atoms with Crippen LogP contribution in [0.3, 0.4) is 0 Å². The van der Waals surface area contributed by atoms with Gasteiger partial charge in [0.05, 0.1) is 23.0 Å². The Bertz CT molecular complexity index is 990. The summed E-state index contributed by atoms with van der Waals surface area (Å²) in [4.78, 5) is 15.2. The van der Waals surface area contributed by atoms with E-state index in [2.05, 4.69) is 17.3 Å². The molecule has 1 aliphatic heterocycles. The number of aromatic nitrogens is 3. The van der Waals surface area contributed by atoms with Crippen LogP contribution in [0.15, 0.2) is 41.1 Å². The summed E-state index contributed by atoms with van der Waals surface area (Å²) in [5.41, 5.74) is 4.96. The molecular weight excluding hydrogens is 364 g/mol. The second-order valence-corrected chi connectivity index (χ2v) is 7.91. The van der Waals surface area contributed by atoms with E-state index in [1.54, 1.807) is 0 Å². The molecule has 3 aromatic rings. The number of amides is 1. The van der Waals surface area contributed by atoms with Crippen molar-refractivity contribution in [3.8, 4) is 11.3 Å². The fourth-order valence-corrected chi connectivity index (χ4v) is 4.15.